The molecule has 8 heteroatoms. The summed E-state index contributed by atoms with van der Waals surface area (Å²) in [5.74, 6) is 3.09. The lowest BCUT2D eigenvalue weighted by Gasteiger charge is -2.32. The molecule has 1 aliphatic rings. The number of rotatable bonds is 6. The van der Waals surface area contributed by atoms with E-state index >= 15 is 0 Å². The Kier molecular flexibility index (Phi) is 6.66. The van der Waals surface area contributed by atoms with E-state index in [0.717, 1.165) is 41.2 Å². The number of hydrogen-bond acceptors (Lipinski definition) is 5. The number of methoxy groups -OCH3 is 3. The molecule has 5 rings (SSSR count). The molecular formula is C28H30N4O4. The third kappa shape index (κ3) is 4.54. The second-order valence-corrected chi connectivity index (χ2v) is 8.79. The zero-order valence-corrected chi connectivity index (χ0v) is 20.7. The van der Waals surface area contributed by atoms with E-state index in [9.17, 15) is 4.79 Å². The molecule has 1 unspecified atom stereocenters. The van der Waals surface area contributed by atoms with Gasteiger partial charge in [-0.05, 0) is 49.2 Å². The maximum Gasteiger partial charge on any atom is 0.321 e. The number of benzene rings is 2. The van der Waals surface area contributed by atoms with Gasteiger partial charge in [-0.25, -0.2) is 9.78 Å². The fourth-order valence-corrected chi connectivity index (χ4v) is 4.81. The van der Waals surface area contributed by atoms with E-state index in [1.807, 2.05) is 47.5 Å². The van der Waals surface area contributed by atoms with Crippen LogP contribution in [0.5, 0.6) is 17.2 Å². The molecular weight excluding hydrogens is 456 g/mol. The van der Waals surface area contributed by atoms with Crippen LogP contribution in [0.25, 0.3) is 16.8 Å². The van der Waals surface area contributed by atoms with Gasteiger partial charge in [0, 0.05) is 36.8 Å². The van der Waals surface area contributed by atoms with Gasteiger partial charge in [0.25, 0.3) is 0 Å². The molecule has 1 N–H and O–H groups in total. The number of piperidine rings is 1. The van der Waals surface area contributed by atoms with Crippen molar-refractivity contribution in [1.29, 1.82) is 0 Å². The minimum Gasteiger partial charge on any atom is -0.497 e. The molecule has 0 aliphatic carbocycles. The Balaban J connectivity index is 1.42. The lowest BCUT2D eigenvalue weighted by atomic mass is 9.97. The first-order valence-electron chi connectivity index (χ1n) is 12.0. The number of carbonyl (C=O) groups is 1. The van der Waals surface area contributed by atoms with Crippen LogP contribution in [0, 0.1) is 0 Å². The highest BCUT2D eigenvalue weighted by molar-refractivity contribution is 5.91. The fraction of sp³-hybridized carbons (Fsp3) is 0.286. The molecule has 36 heavy (non-hydrogen) atoms. The third-order valence-electron chi connectivity index (χ3n) is 6.64. The summed E-state index contributed by atoms with van der Waals surface area (Å²) in [5.41, 5.74) is 3.52. The Hall–Kier alpha value is -4.20. The van der Waals surface area contributed by atoms with Gasteiger partial charge in [0.15, 0.2) is 0 Å². The first-order chi connectivity index (χ1) is 17.6. The van der Waals surface area contributed by atoms with Crippen LogP contribution in [0.3, 0.4) is 0 Å². The van der Waals surface area contributed by atoms with Gasteiger partial charge in [-0.3, -0.25) is 0 Å². The molecule has 186 valence electrons. The van der Waals surface area contributed by atoms with Gasteiger partial charge < -0.3 is 28.8 Å². The molecule has 1 fully saturated rings. The number of amides is 2. The van der Waals surface area contributed by atoms with E-state index in [2.05, 4.69) is 15.8 Å². The minimum atomic E-state index is -0.167. The first kappa shape index (κ1) is 23.5. The number of carbonyl (C=O) groups excluding carboxylic acids is 1. The van der Waals surface area contributed by atoms with Gasteiger partial charge in [-0.15, -0.1) is 0 Å². The van der Waals surface area contributed by atoms with Crippen LogP contribution < -0.4 is 19.5 Å². The lowest BCUT2D eigenvalue weighted by molar-refractivity contribution is 0.191. The van der Waals surface area contributed by atoms with Crippen LogP contribution in [-0.2, 0) is 0 Å². The topological polar surface area (TPSA) is 77.3 Å². The highest BCUT2D eigenvalue weighted by Gasteiger charge is 2.29. The van der Waals surface area contributed by atoms with E-state index in [-0.39, 0.29) is 11.9 Å². The highest BCUT2D eigenvalue weighted by Crippen LogP contribution is 2.34. The van der Waals surface area contributed by atoms with E-state index in [0.29, 0.717) is 30.3 Å². The number of likely N-dealkylation sites (tertiary alicyclic amines) is 1. The molecule has 0 radical (unpaired) electrons. The number of hydrogen-bond donors (Lipinski definition) is 1. The second-order valence-electron chi connectivity index (χ2n) is 8.79. The molecule has 0 spiro atoms. The average Bonchev–Trinajstić information content (AvgIpc) is 3.33. The standard InChI is InChI=1S/C28H30N4O4/c1-34-21-10-6-8-19(16-21)26-24-11-4-5-15-32(24)27(30-26)20-9-7-14-31(18-20)28(33)29-23-17-22(35-2)12-13-25(23)36-3/h4-6,8,10-13,15-17,20H,7,9,14,18H2,1-3H3,(H,29,33). The summed E-state index contributed by atoms with van der Waals surface area (Å²) in [6.07, 6.45) is 3.89. The Morgan fingerprint density at radius 2 is 1.81 bits per heavy atom. The molecule has 8 nitrogen and oxygen atoms in total. The zero-order valence-electron chi connectivity index (χ0n) is 20.7. The first-order valence-corrected chi connectivity index (χ1v) is 12.0. The lowest BCUT2D eigenvalue weighted by Crippen LogP contribution is -2.42. The number of nitrogens with zero attached hydrogens (tertiary/aromatic N) is 3. The van der Waals surface area contributed by atoms with Crippen LogP contribution >= 0.6 is 0 Å². The highest BCUT2D eigenvalue weighted by atomic mass is 16.5. The predicted molar refractivity (Wildman–Crippen MR) is 139 cm³/mol. The summed E-state index contributed by atoms with van der Waals surface area (Å²) in [7, 11) is 4.84. The van der Waals surface area contributed by atoms with Crippen molar-refractivity contribution in [1.82, 2.24) is 14.3 Å². The molecule has 2 aromatic heterocycles. The number of urea groups is 1. The van der Waals surface area contributed by atoms with Crippen LogP contribution in [0.1, 0.15) is 24.6 Å². The normalized spacial score (nSPS) is 15.5. The number of aromatic nitrogens is 2. The van der Waals surface area contributed by atoms with Crippen molar-refractivity contribution in [3.05, 3.63) is 72.7 Å². The number of anilines is 1. The van der Waals surface area contributed by atoms with Crippen molar-refractivity contribution in [2.45, 2.75) is 18.8 Å². The van der Waals surface area contributed by atoms with Crippen molar-refractivity contribution in [2.24, 2.45) is 0 Å². The van der Waals surface area contributed by atoms with Gasteiger partial charge in [-0.1, -0.05) is 18.2 Å². The summed E-state index contributed by atoms with van der Waals surface area (Å²) in [4.78, 5) is 20.2. The maximum absolute atomic E-state index is 13.3. The third-order valence-corrected chi connectivity index (χ3v) is 6.64. The number of ether oxygens (including phenoxy) is 3. The second kappa shape index (κ2) is 10.2. The average molecular weight is 487 g/mol. The molecule has 1 saturated heterocycles. The minimum absolute atomic E-state index is 0.103. The predicted octanol–water partition coefficient (Wildman–Crippen LogP) is 5.44. The van der Waals surface area contributed by atoms with Crippen LogP contribution in [-0.4, -0.2) is 54.7 Å². The molecule has 3 heterocycles. The Labute approximate surface area is 210 Å². The molecule has 2 aromatic carbocycles. The van der Waals surface area contributed by atoms with E-state index in [1.165, 1.54) is 0 Å². The Bertz CT molecular complexity index is 1380. The smallest absolute Gasteiger partial charge is 0.321 e. The number of pyridine rings is 1. The monoisotopic (exact) mass is 486 g/mol. The Morgan fingerprint density at radius 1 is 0.972 bits per heavy atom. The Morgan fingerprint density at radius 3 is 2.61 bits per heavy atom. The summed E-state index contributed by atoms with van der Waals surface area (Å²) < 4.78 is 18.3. The van der Waals surface area contributed by atoms with Crippen LogP contribution in [0.15, 0.2) is 66.9 Å². The fourth-order valence-electron chi connectivity index (χ4n) is 4.81. The van der Waals surface area contributed by atoms with Gasteiger partial charge in [0.2, 0.25) is 0 Å². The van der Waals surface area contributed by atoms with Crippen molar-refractivity contribution in [3.63, 3.8) is 0 Å². The molecule has 1 atom stereocenters. The summed E-state index contributed by atoms with van der Waals surface area (Å²) in [6, 6.07) is 19.2. The number of imidazole rings is 1. The van der Waals surface area contributed by atoms with E-state index in [4.69, 9.17) is 19.2 Å². The molecule has 0 bridgehead atoms. The largest absolute Gasteiger partial charge is 0.497 e. The summed E-state index contributed by atoms with van der Waals surface area (Å²) in [5, 5.41) is 3.00. The van der Waals surface area contributed by atoms with Gasteiger partial charge in [0.1, 0.15) is 23.1 Å². The van der Waals surface area contributed by atoms with E-state index in [1.54, 1.807) is 39.5 Å². The van der Waals surface area contributed by atoms with Crippen molar-refractivity contribution in [3.8, 4) is 28.5 Å². The van der Waals surface area contributed by atoms with Crippen molar-refractivity contribution >= 4 is 17.2 Å². The van der Waals surface area contributed by atoms with Crippen molar-refractivity contribution in [2.75, 3.05) is 39.7 Å². The maximum atomic E-state index is 13.3. The summed E-state index contributed by atoms with van der Waals surface area (Å²) >= 11 is 0. The quantitative estimate of drug-likeness (QED) is 0.393. The molecule has 1 aliphatic heterocycles. The zero-order chi connectivity index (χ0) is 25.1. The van der Waals surface area contributed by atoms with Gasteiger partial charge >= 0.3 is 6.03 Å². The SMILES string of the molecule is COc1cccc(-c2nc(C3CCCN(C(=O)Nc4cc(OC)ccc4OC)C3)n3ccccc23)c1. The summed E-state index contributed by atoms with van der Waals surface area (Å²) in [6.45, 7) is 1.25. The van der Waals surface area contributed by atoms with Crippen LogP contribution in [0.2, 0.25) is 0 Å². The molecule has 0 saturated carbocycles. The number of fused-ring (bicyclic) bond motifs is 1. The van der Waals surface area contributed by atoms with Gasteiger partial charge in [-0.2, -0.15) is 0 Å². The molecule has 2 amide bonds. The van der Waals surface area contributed by atoms with Crippen molar-refractivity contribution < 1.29 is 19.0 Å². The molecule has 4 aromatic rings. The van der Waals surface area contributed by atoms with E-state index < -0.39 is 0 Å². The number of nitrogens with one attached hydrogen (secondary N) is 1. The van der Waals surface area contributed by atoms with Crippen LogP contribution in [0.4, 0.5) is 10.5 Å². The van der Waals surface area contributed by atoms with Gasteiger partial charge in [0.05, 0.1) is 38.2 Å².